The number of hydrogen-bond acceptors (Lipinski definition) is 24. The Labute approximate surface area is 706 Å². The number of carbonyl (C=O) groups excluding carboxylic acids is 7. The van der Waals surface area contributed by atoms with Crippen molar-refractivity contribution < 1.29 is 70.3 Å². The summed E-state index contributed by atoms with van der Waals surface area (Å²) in [4.78, 5) is 129. The Morgan fingerprint density at radius 2 is 0.792 bits per heavy atom. The first-order valence-corrected chi connectivity index (χ1v) is 45.7. The Kier molecular flexibility index (Phi) is 46.5. The maximum absolute atomic E-state index is 15.2. The van der Waals surface area contributed by atoms with E-state index in [-0.39, 0.29) is 248 Å². The monoisotopic (exact) mass is 1770 g/mol. The van der Waals surface area contributed by atoms with Crippen LogP contribution in [0.5, 0.6) is 0 Å². The van der Waals surface area contributed by atoms with Gasteiger partial charge in [0.2, 0.25) is 35.4 Å². The molecule has 15 atom stereocenters. The zero-order valence-electron chi connectivity index (χ0n) is 71.9. The molecule has 0 radical (unpaired) electrons. The Morgan fingerprint density at radius 1 is 0.433 bits per heavy atom. The highest BCUT2D eigenvalue weighted by molar-refractivity contribution is 7.56. The van der Waals surface area contributed by atoms with Crippen LogP contribution in [0.1, 0.15) is 117 Å². The number of guanidine groups is 6. The zero-order valence-corrected chi connectivity index (χ0v) is 74.6. The summed E-state index contributed by atoms with van der Waals surface area (Å²) in [5.41, 5.74) is 67.2. The third-order valence-corrected chi connectivity index (χ3v) is 27.8. The SMILES string of the molecule is CNCP(=O)(OCC1CN(C)CC(C)O1)N1CC(C)CC(COP(=O)(N(C)C)N2CC(C)OC(COP(=O)(N(C)C)N3CCN(C(=O)CCC(=O)C(CCCN=C(N)N)NC(=O)C(CCCN=C(N)N)NC(=O)C(CCCN=C(N)N)NC(=O)C(CCCN=C(N)N)NC(=O)C(CCCN=C(N)N)NC(=O)C(CCCN=C(N)N)NC)CC3)C2)C1. The maximum atomic E-state index is 15.2. The van der Waals surface area contributed by atoms with Gasteiger partial charge in [0.1, 0.15) is 24.2 Å². The summed E-state index contributed by atoms with van der Waals surface area (Å²) in [5.74, 6) is -6.22. The van der Waals surface area contributed by atoms with Gasteiger partial charge in [-0.25, -0.2) is 23.4 Å². The van der Waals surface area contributed by atoms with E-state index in [0.29, 0.717) is 26.1 Å². The molecule has 47 nitrogen and oxygen atoms in total. The molecular weight excluding hydrogens is 1620 g/mol. The smallest absolute Gasteiger partial charge is 0.345 e. The van der Waals surface area contributed by atoms with E-state index < -0.39 is 113 Å². The third kappa shape index (κ3) is 37.5. The van der Waals surface area contributed by atoms with E-state index >= 15 is 9.13 Å². The van der Waals surface area contributed by atoms with Crippen molar-refractivity contribution in [2.75, 3.05) is 180 Å². The minimum atomic E-state index is -3.82. The van der Waals surface area contributed by atoms with Crippen molar-refractivity contribution in [3.8, 4) is 0 Å². The molecule has 0 aromatic heterocycles. The lowest BCUT2D eigenvalue weighted by Crippen LogP contribution is -2.59. The molecule has 4 aliphatic rings. The van der Waals surface area contributed by atoms with E-state index in [1.54, 1.807) is 61.2 Å². The molecule has 31 N–H and O–H groups in total. The van der Waals surface area contributed by atoms with Crippen LogP contribution in [0.15, 0.2) is 30.0 Å². The Balaban J connectivity index is 1.51. The molecule has 4 rings (SSSR count). The molecule has 0 aromatic carbocycles. The van der Waals surface area contributed by atoms with Crippen LogP contribution in [0, 0.1) is 11.8 Å². The van der Waals surface area contributed by atoms with Gasteiger partial charge in [-0.3, -0.25) is 77.2 Å². The second-order valence-corrected chi connectivity index (χ2v) is 38.8. The van der Waals surface area contributed by atoms with Crippen LogP contribution in [0.4, 0.5) is 0 Å². The van der Waals surface area contributed by atoms with Crippen molar-refractivity contribution in [2.24, 2.45) is 111 Å². The molecule has 4 aliphatic heterocycles. The molecule has 0 spiro atoms. The van der Waals surface area contributed by atoms with Gasteiger partial charge in [0.05, 0.1) is 62.6 Å². The number of nitrogens with two attached hydrogens (primary N) is 12. The van der Waals surface area contributed by atoms with Gasteiger partial charge in [-0.2, -0.15) is 0 Å². The lowest BCUT2D eigenvalue weighted by Gasteiger charge is -2.44. The van der Waals surface area contributed by atoms with Crippen molar-refractivity contribution in [3.05, 3.63) is 0 Å². The number of rotatable bonds is 55. The highest BCUT2D eigenvalue weighted by atomic mass is 31.2. The van der Waals surface area contributed by atoms with Crippen molar-refractivity contribution in [2.45, 2.75) is 178 Å². The molecule has 0 bridgehead atoms. The number of ether oxygens (including phenoxy) is 2. The Bertz CT molecular complexity index is 3550. The lowest BCUT2D eigenvalue weighted by atomic mass is 9.93. The predicted molar refractivity (Wildman–Crippen MR) is 463 cm³/mol. The molecule has 4 saturated heterocycles. The van der Waals surface area contributed by atoms with Crippen LogP contribution in [-0.2, 0) is 70.3 Å². The minimum Gasteiger partial charge on any atom is -0.370 e. The topological polar surface area (TPSA) is 710 Å². The fourth-order valence-corrected chi connectivity index (χ4v) is 20.7. The van der Waals surface area contributed by atoms with Gasteiger partial charge in [-0.1, -0.05) is 6.92 Å². The summed E-state index contributed by atoms with van der Waals surface area (Å²) >= 11 is 0. The molecule has 15 unspecified atom stereocenters. The van der Waals surface area contributed by atoms with E-state index in [0.717, 1.165) is 13.0 Å². The predicted octanol–water partition coefficient (Wildman–Crippen LogP) is -5.66. The summed E-state index contributed by atoms with van der Waals surface area (Å²) < 4.78 is 85.1. The Hall–Kier alpha value is -7.72. The first-order chi connectivity index (χ1) is 56.6. The van der Waals surface area contributed by atoms with Gasteiger partial charge in [0, 0.05) is 118 Å². The molecule has 4 heterocycles. The summed E-state index contributed by atoms with van der Waals surface area (Å²) in [6, 6.07) is -7.66. The van der Waals surface area contributed by atoms with E-state index in [9.17, 15) is 38.1 Å². The summed E-state index contributed by atoms with van der Waals surface area (Å²) in [6.45, 7) is 9.60. The minimum absolute atomic E-state index is 0.00381. The number of ketones is 1. The van der Waals surface area contributed by atoms with Gasteiger partial charge in [-0.15, -0.1) is 0 Å². The molecule has 688 valence electrons. The normalized spacial score (nSPS) is 21.9. The number of nitrogens with zero attached hydrogens (tertiary/aromatic N) is 13. The number of likely N-dealkylation sites (N-methyl/N-ethyl adjacent to an activating group) is 2. The highest BCUT2D eigenvalue weighted by Crippen LogP contribution is 2.57. The fraction of sp³-hybridized carbons (Fsp3) is 0.814. The average Bonchev–Trinajstić information content (AvgIpc) is 0.783. The van der Waals surface area contributed by atoms with Crippen LogP contribution in [-0.4, -0.2) is 351 Å². The maximum Gasteiger partial charge on any atom is 0.345 e. The molecule has 50 heteroatoms. The highest BCUT2D eigenvalue weighted by Gasteiger charge is 2.46. The number of piperidine rings is 1. The number of morpholine rings is 2. The van der Waals surface area contributed by atoms with Gasteiger partial charge in [0.15, 0.2) is 41.5 Å². The molecule has 6 amide bonds. The average molecular weight is 1770 g/mol. The van der Waals surface area contributed by atoms with E-state index in [1.165, 1.54) is 4.67 Å². The van der Waals surface area contributed by atoms with Gasteiger partial charge < -0.3 is 139 Å². The summed E-state index contributed by atoms with van der Waals surface area (Å²) in [6.07, 6.45) is -0.210. The molecule has 0 aliphatic carbocycles. The van der Waals surface area contributed by atoms with E-state index in [4.69, 9.17) is 91.8 Å². The van der Waals surface area contributed by atoms with Crippen molar-refractivity contribution in [1.82, 2.24) is 70.4 Å². The van der Waals surface area contributed by atoms with E-state index in [1.807, 2.05) is 25.6 Å². The van der Waals surface area contributed by atoms with Crippen LogP contribution in [0.25, 0.3) is 0 Å². The lowest BCUT2D eigenvalue weighted by molar-refractivity contribution is -0.136. The number of hydrogen-bond donors (Lipinski definition) is 19. The number of carbonyl (C=O) groups is 7. The largest absolute Gasteiger partial charge is 0.370 e. The number of aliphatic imine (C=N–C) groups is 6. The van der Waals surface area contributed by atoms with Gasteiger partial charge in [-0.05, 0) is 158 Å². The number of amides is 6. The van der Waals surface area contributed by atoms with Crippen LogP contribution >= 0.6 is 22.9 Å². The number of nitrogens with one attached hydrogen (secondary N) is 7. The first-order valence-electron chi connectivity index (χ1n) is 40.9. The van der Waals surface area contributed by atoms with Crippen molar-refractivity contribution in [3.63, 3.8) is 0 Å². The molecule has 4 fully saturated rings. The van der Waals surface area contributed by atoms with E-state index in [2.05, 4.69) is 79.0 Å². The quantitative estimate of drug-likeness (QED) is 0.0117. The molecule has 120 heavy (non-hydrogen) atoms. The van der Waals surface area contributed by atoms with Gasteiger partial charge in [0.25, 0.3) is 7.52 Å². The fourth-order valence-electron chi connectivity index (χ4n) is 14.4. The Morgan fingerprint density at radius 3 is 1.18 bits per heavy atom. The molecule has 0 aromatic rings. The van der Waals surface area contributed by atoms with Crippen LogP contribution in [0.3, 0.4) is 0 Å². The standard InChI is InChI=1S/C70H143N32O15P3/c1-46-35-49(39-101(36-46)118(110,45-83-4)113-43-50-40-98(10)37-47(2)116-50)42-114-120(112,97(8)9)102-38-48(3)117-51(41-102)44-115-119(111,96(6)7)100-33-31-99(32-34-100)59(104)24-23-58(103)52(17-11-25-85-65(71)72)91-61(106)54(19-13-27-87-67(75)76)93-63(108)56(21-15-29-89-69(79)80)95-64(109)57(22-16-30-90-70(81)82)94-62(107)55(20-14-28-88-68(77)78)92-60(105)53(84-5)18-12-26-86-66(73)74/h46-57,83-84H,11-45H2,1-10H3,(H,91,106)(H,92,105)(H,93,108)(H,94,107)(H,95,109)(H4,71,72,85)(H4,73,74,86)(H4,75,76,87)(H4,77,78,88)(H4,79,80,89)(H4,81,82,90). The third-order valence-electron chi connectivity index (χ3n) is 20.2. The second-order valence-electron chi connectivity index (χ2n) is 31.2. The van der Waals surface area contributed by atoms with Crippen LogP contribution in [0.2, 0.25) is 0 Å². The molecule has 0 saturated carbocycles. The second kappa shape index (κ2) is 53.3. The number of Topliss-reactive ketones (excluding diaryl/α,β-unsaturated/α-hetero) is 1. The van der Waals surface area contributed by atoms with Gasteiger partial charge >= 0.3 is 15.3 Å². The molecular formula is C70H143N32O15P3. The zero-order chi connectivity index (χ0) is 89.5. The summed E-state index contributed by atoms with van der Waals surface area (Å²) in [7, 11) is 1.03. The van der Waals surface area contributed by atoms with Crippen LogP contribution < -0.4 is 106 Å². The van der Waals surface area contributed by atoms with Crippen molar-refractivity contribution >= 4 is 99.8 Å². The first kappa shape index (κ1) is 105. The number of piperazine rings is 1. The van der Waals surface area contributed by atoms with Crippen molar-refractivity contribution in [1.29, 1.82) is 0 Å². The summed E-state index contributed by atoms with van der Waals surface area (Å²) in [5, 5.41) is 19.7.